The van der Waals surface area contributed by atoms with E-state index in [0.29, 0.717) is 0 Å². The molecule has 0 aromatic carbocycles. The molecule has 0 rings (SSSR count). The van der Waals surface area contributed by atoms with Gasteiger partial charge in [-0.25, -0.2) is 5.14 Å². The molecule has 0 bridgehead atoms. The van der Waals surface area contributed by atoms with E-state index in [4.69, 9.17) is 13.0 Å². The van der Waals surface area contributed by atoms with Gasteiger partial charge in [-0.3, -0.25) is 4.55 Å². The lowest BCUT2D eigenvalue weighted by Gasteiger charge is -1.70. The van der Waals surface area contributed by atoms with Gasteiger partial charge < -0.3 is 5.48 Å². The van der Waals surface area contributed by atoms with Crippen molar-refractivity contribution in [2.24, 2.45) is 5.14 Å². The summed E-state index contributed by atoms with van der Waals surface area (Å²) in [5.41, 5.74) is 0. The van der Waals surface area contributed by atoms with E-state index in [9.17, 15) is 0 Å². The molecule has 0 fully saturated rings. The summed E-state index contributed by atoms with van der Waals surface area (Å²) in [6.45, 7) is 0. The van der Waals surface area contributed by atoms with Crippen LogP contribution in [0.3, 0.4) is 0 Å². The molecule has 7 heteroatoms. The van der Waals surface area contributed by atoms with Crippen LogP contribution in [-0.2, 0) is 10.3 Å². The number of rotatable bonds is 0. The fourth-order valence-corrected chi connectivity index (χ4v) is 0. The highest BCUT2D eigenvalue weighted by atomic mass is 32.2. The van der Waals surface area contributed by atoms with E-state index in [0.717, 1.165) is 0 Å². The summed E-state index contributed by atoms with van der Waals surface area (Å²) in [4.78, 5) is 0. The van der Waals surface area contributed by atoms with E-state index in [1.165, 1.54) is 0 Å². The van der Waals surface area contributed by atoms with E-state index in [2.05, 4.69) is 5.14 Å². The van der Waals surface area contributed by atoms with Gasteiger partial charge in [0.1, 0.15) is 0 Å². The Hall–Kier alpha value is 0.596. The molecule has 0 saturated heterocycles. The van der Waals surface area contributed by atoms with Crippen molar-refractivity contribution < 1.29 is 18.4 Å². The minimum absolute atomic E-state index is 0. The van der Waals surface area contributed by atoms with E-state index in [-0.39, 0.29) is 28.5 Å². The summed E-state index contributed by atoms with van der Waals surface area (Å²) >= 11 is 0. The van der Waals surface area contributed by atoms with Gasteiger partial charge in [0.2, 0.25) is 0 Å². The Morgan fingerprint density at radius 3 is 1.43 bits per heavy atom. The zero-order valence-corrected chi connectivity index (χ0v) is 3.57. The topological polar surface area (TPSA) is 112 Å². The zero-order chi connectivity index (χ0) is 4.50. The molecule has 0 radical (unpaired) electrons. The van der Waals surface area contributed by atoms with Gasteiger partial charge in [-0.05, 0) is 0 Å². The summed E-state index contributed by atoms with van der Waals surface area (Å²) in [6, 6.07) is 0. The van der Waals surface area contributed by atoms with Crippen molar-refractivity contribution in [1.82, 2.24) is 0 Å². The van der Waals surface area contributed by atoms with Crippen molar-refractivity contribution in [1.29, 1.82) is 0 Å². The molecule has 0 unspecified atom stereocenters. The maximum atomic E-state index is 8.97. The van der Waals surface area contributed by atoms with E-state index in [1.54, 1.807) is 0 Å². The Kier molecular flexibility index (Phi) is 10.6. The molecule has 5 N–H and O–H groups in total. The molecule has 7 heavy (non-hydrogen) atoms. The molecular weight excluding hydrogens is 134 g/mol. The molecular formula is H7MgNO4S. The Balaban J connectivity index is -0.0000000800. The highest BCUT2D eigenvalue weighted by molar-refractivity contribution is 7.83. The molecule has 44 valence electrons. The van der Waals surface area contributed by atoms with E-state index in [1.807, 2.05) is 0 Å². The van der Waals surface area contributed by atoms with Gasteiger partial charge in [0.05, 0.1) is 0 Å². The molecule has 0 atom stereocenters. The smallest absolute Gasteiger partial charge is 0.330 e. The van der Waals surface area contributed by atoms with Crippen LogP contribution >= 0.6 is 0 Å². The highest BCUT2D eigenvalue weighted by Crippen LogP contribution is 1.50. The number of hydrogen-bond donors (Lipinski definition) is 2. The fraction of sp³-hybridized carbons (Fsp3) is 0. The van der Waals surface area contributed by atoms with Crippen molar-refractivity contribution in [2.45, 2.75) is 0 Å². The van der Waals surface area contributed by atoms with Gasteiger partial charge in [-0.2, -0.15) is 8.42 Å². The largest absolute Gasteiger partial charge is 0.412 e. The van der Waals surface area contributed by atoms with Crippen molar-refractivity contribution in [3.05, 3.63) is 0 Å². The Bertz CT molecular complexity index is 94.9. The average molecular weight is 141 g/mol. The second-order valence-electron chi connectivity index (χ2n) is 0.515. The summed E-state index contributed by atoms with van der Waals surface area (Å²) in [5.74, 6) is 0. The molecule has 0 aliphatic heterocycles. The highest BCUT2D eigenvalue weighted by Gasteiger charge is 1.81. The van der Waals surface area contributed by atoms with Crippen LogP contribution in [0.15, 0.2) is 0 Å². The Labute approximate surface area is 57.2 Å². The number of hydrogen-bond acceptors (Lipinski definition) is 2. The van der Waals surface area contributed by atoms with Gasteiger partial charge in [0, 0.05) is 0 Å². The minimum Gasteiger partial charge on any atom is -0.412 e. The predicted octanol–water partition coefficient (Wildman–Crippen LogP) is -2.99. The quantitative estimate of drug-likeness (QED) is 0.277. The molecule has 0 spiro atoms. The lowest BCUT2D eigenvalue weighted by atomic mass is 13.9. The van der Waals surface area contributed by atoms with Crippen LogP contribution in [0.25, 0.3) is 0 Å². The molecule has 0 saturated carbocycles. The molecule has 0 amide bonds. The number of nitrogens with two attached hydrogens (primary N) is 1. The first-order valence-corrected chi connectivity index (χ1v) is 2.25. The van der Waals surface area contributed by atoms with Crippen molar-refractivity contribution in [3.8, 4) is 0 Å². The third kappa shape index (κ3) is 392. The first-order chi connectivity index (χ1) is 2.00. The van der Waals surface area contributed by atoms with Crippen LogP contribution in [0.2, 0.25) is 0 Å². The van der Waals surface area contributed by atoms with Crippen LogP contribution in [0, 0.1) is 0 Å². The molecule has 0 aliphatic rings. The summed E-state index contributed by atoms with van der Waals surface area (Å²) < 4.78 is 25.2. The lowest BCUT2D eigenvalue weighted by Crippen LogP contribution is -2.08. The maximum Gasteiger partial charge on any atom is 0.330 e. The molecule has 0 aromatic rings. The zero-order valence-electron chi connectivity index (χ0n) is 2.75. The van der Waals surface area contributed by atoms with Crippen molar-refractivity contribution >= 4 is 33.4 Å². The normalized spacial score (nSPS) is 8.29. The van der Waals surface area contributed by atoms with Crippen LogP contribution in [0.4, 0.5) is 0 Å². The Morgan fingerprint density at radius 2 is 1.43 bits per heavy atom. The third-order valence-electron chi connectivity index (χ3n) is 0. The van der Waals surface area contributed by atoms with Gasteiger partial charge >= 0.3 is 33.4 Å². The van der Waals surface area contributed by atoms with Crippen LogP contribution in [0.1, 0.15) is 0 Å². The second-order valence-corrected chi connectivity index (χ2v) is 1.54. The first kappa shape index (κ1) is 15.6. The second kappa shape index (κ2) is 4.75. The summed E-state index contributed by atoms with van der Waals surface area (Å²) in [6.07, 6.45) is 0. The van der Waals surface area contributed by atoms with Gasteiger partial charge in [-0.1, -0.05) is 0 Å². The van der Waals surface area contributed by atoms with Gasteiger partial charge in [-0.15, -0.1) is 0 Å². The lowest BCUT2D eigenvalue weighted by molar-refractivity contribution is 0.485. The molecule has 0 heterocycles. The molecule has 5 nitrogen and oxygen atoms in total. The van der Waals surface area contributed by atoms with Crippen LogP contribution in [-0.4, -0.2) is 41.5 Å². The monoisotopic (exact) mass is 141 g/mol. The van der Waals surface area contributed by atoms with Gasteiger partial charge in [0.25, 0.3) is 0 Å². The van der Waals surface area contributed by atoms with E-state index >= 15 is 0 Å². The van der Waals surface area contributed by atoms with E-state index < -0.39 is 10.3 Å². The van der Waals surface area contributed by atoms with Crippen molar-refractivity contribution in [2.75, 3.05) is 0 Å². The SMILES string of the molecule is NS(=O)(=O)O.O.[MgH2]. The standard InChI is InChI=1S/Mg.H3NO3S.H2O.2H/c;1-5(2,3)4;;;/h;(H3,1,2,3,4);1H2;;. The molecule has 0 aliphatic carbocycles. The van der Waals surface area contributed by atoms with Crippen LogP contribution in [0.5, 0.6) is 0 Å². The first-order valence-electron chi connectivity index (χ1n) is 0.752. The fourth-order valence-electron chi connectivity index (χ4n) is 0. The summed E-state index contributed by atoms with van der Waals surface area (Å²) in [7, 11) is -4.17. The summed E-state index contributed by atoms with van der Waals surface area (Å²) in [5, 5.41) is 3.88. The average Bonchev–Trinajstić information content (AvgIpc) is 0.722. The van der Waals surface area contributed by atoms with Crippen LogP contribution < -0.4 is 5.14 Å². The maximum absolute atomic E-state index is 8.97. The van der Waals surface area contributed by atoms with Crippen molar-refractivity contribution in [3.63, 3.8) is 0 Å². The third-order valence-corrected chi connectivity index (χ3v) is 0. The van der Waals surface area contributed by atoms with Gasteiger partial charge in [0.15, 0.2) is 0 Å². The molecule has 0 aromatic heterocycles. The Morgan fingerprint density at radius 1 is 1.43 bits per heavy atom. The minimum atomic E-state index is -4.17. The predicted molar refractivity (Wildman–Crippen MR) is 27.9 cm³/mol.